The number of ether oxygens (including phenoxy) is 1. The van der Waals surface area contributed by atoms with Crippen molar-refractivity contribution in [1.29, 1.82) is 0 Å². The Labute approximate surface area is 196 Å². The van der Waals surface area contributed by atoms with Crippen molar-refractivity contribution < 1.29 is 19.4 Å². The summed E-state index contributed by atoms with van der Waals surface area (Å²) in [6, 6.07) is -0.132. The van der Waals surface area contributed by atoms with Gasteiger partial charge in [-0.2, -0.15) is 0 Å². The zero-order chi connectivity index (χ0) is 23.8. The summed E-state index contributed by atoms with van der Waals surface area (Å²) in [7, 11) is 1.79. The van der Waals surface area contributed by atoms with Crippen LogP contribution in [0.15, 0.2) is 6.20 Å². The van der Waals surface area contributed by atoms with Gasteiger partial charge in [0.1, 0.15) is 0 Å². The second-order valence-corrected chi connectivity index (χ2v) is 9.62. The van der Waals surface area contributed by atoms with Crippen LogP contribution in [0, 0.1) is 5.92 Å². The smallest absolute Gasteiger partial charge is 0.317 e. The molecule has 1 fully saturated rings. The Bertz CT molecular complexity index is 766. The molecule has 3 rings (SSSR count). The van der Waals surface area contributed by atoms with Gasteiger partial charge < -0.3 is 25.0 Å². The van der Waals surface area contributed by atoms with E-state index in [-0.39, 0.29) is 42.7 Å². The molecule has 10 nitrogen and oxygen atoms in total. The topological polar surface area (TPSA) is 113 Å². The lowest BCUT2D eigenvalue weighted by Crippen LogP contribution is -2.50. The summed E-state index contributed by atoms with van der Waals surface area (Å²) in [5, 5.41) is 21.0. The molecule has 0 unspecified atom stereocenters. The second-order valence-electron chi connectivity index (χ2n) is 9.62. The number of carbonyl (C=O) groups is 2. The highest BCUT2D eigenvalue weighted by molar-refractivity contribution is 5.76. The van der Waals surface area contributed by atoms with Crippen molar-refractivity contribution >= 4 is 11.9 Å². The third-order valence-electron chi connectivity index (χ3n) is 6.87. The molecule has 2 heterocycles. The van der Waals surface area contributed by atoms with Gasteiger partial charge in [-0.3, -0.25) is 4.79 Å². The average molecular weight is 465 g/mol. The number of fused-ring (bicyclic) bond motifs is 1. The molecule has 1 aliphatic heterocycles. The monoisotopic (exact) mass is 464 g/mol. The van der Waals surface area contributed by atoms with E-state index in [1.54, 1.807) is 27.7 Å². The molecule has 0 radical (unpaired) electrons. The standard InChI is InChI=1S/C23H40N6O4/c1-17-13-28(18(2)15-30)22(31)10-7-11-29-20(12-24-26-29)16-33-21(17)14-27(3)23(32)25-19-8-5-4-6-9-19/h12,17-19,21,30H,4-11,13-16H2,1-3H3,(H,25,32)/t17-,18-,21-/m0/s1. The molecule has 0 saturated heterocycles. The molecule has 1 aromatic heterocycles. The molecule has 1 aliphatic carbocycles. The first-order valence-corrected chi connectivity index (χ1v) is 12.3. The van der Waals surface area contributed by atoms with Crippen LogP contribution < -0.4 is 5.32 Å². The highest BCUT2D eigenvalue weighted by Gasteiger charge is 2.29. The molecule has 3 amide bonds. The Balaban J connectivity index is 1.72. The molecular formula is C23H40N6O4. The quantitative estimate of drug-likeness (QED) is 0.687. The van der Waals surface area contributed by atoms with Gasteiger partial charge >= 0.3 is 6.03 Å². The first kappa shape index (κ1) is 25.4. The summed E-state index contributed by atoms with van der Waals surface area (Å²) in [6.45, 7) is 5.56. The summed E-state index contributed by atoms with van der Waals surface area (Å²) < 4.78 is 8.07. The van der Waals surface area contributed by atoms with Gasteiger partial charge in [-0.05, 0) is 26.2 Å². The lowest BCUT2D eigenvalue weighted by molar-refractivity contribution is -0.136. The van der Waals surface area contributed by atoms with Gasteiger partial charge in [0.15, 0.2) is 0 Å². The Morgan fingerprint density at radius 3 is 2.82 bits per heavy atom. The van der Waals surface area contributed by atoms with E-state index in [2.05, 4.69) is 15.6 Å². The number of likely N-dealkylation sites (N-methyl/N-ethyl adjacent to an activating group) is 1. The number of aryl methyl sites for hydroxylation is 1. The number of hydrogen-bond acceptors (Lipinski definition) is 6. The fourth-order valence-corrected chi connectivity index (χ4v) is 4.63. The van der Waals surface area contributed by atoms with E-state index >= 15 is 0 Å². The third kappa shape index (κ3) is 7.14. The van der Waals surface area contributed by atoms with Crippen molar-refractivity contribution in [2.75, 3.05) is 26.7 Å². The van der Waals surface area contributed by atoms with Gasteiger partial charge in [-0.25, -0.2) is 9.48 Å². The van der Waals surface area contributed by atoms with E-state index in [0.29, 0.717) is 39.1 Å². The molecule has 10 heteroatoms. The van der Waals surface area contributed by atoms with Crippen LogP contribution in [0.5, 0.6) is 0 Å². The molecule has 0 aromatic carbocycles. The van der Waals surface area contributed by atoms with Crippen LogP contribution in [0.1, 0.15) is 64.5 Å². The predicted octanol–water partition coefficient (Wildman–Crippen LogP) is 1.78. The number of nitrogens with one attached hydrogen (secondary N) is 1. The van der Waals surface area contributed by atoms with E-state index in [4.69, 9.17) is 4.74 Å². The highest BCUT2D eigenvalue weighted by atomic mass is 16.5. The van der Waals surface area contributed by atoms with Gasteiger partial charge in [-0.15, -0.1) is 5.10 Å². The maximum Gasteiger partial charge on any atom is 0.317 e. The molecule has 0 bridgehead atoms. The normalized spacial score (nSPS) is 24.4. The Morgan fingerprint density at radius 1 is 1.33 bits per heavy atom. The van der Waals surface area contributed by atoms with Crippen molar-refractivity contribution in [2.24, 2.45) is 5.92 Å². The molecule has 1 saturated carbocycles. The minimum atomic E-state index is -0.295. The minimum absolute atomic E-state index is 0.00721. The lowest BCUT2D eigenvalue weighted by atomic mass is 9.96. The number of nitrogens with zero attached hydrogens (tertiary/aromatic N) is 5. The largest absolute Gasteiger partial charge is 0.394 e. The SMILES string of the molecule is C[C@H]1CN([C@@H](C)CO)C(=O)CCCn2nncc2CO[C@H]1CN(C)C(=O)NC1CCCCC1. The van der Waals surface area contributed by atoms with Crippen molar-refractivity contribution in [1.82, 2.24) is 30.1 Å². The van der Waals surface area contributed by atoms with Crippen LogP contribution >= 0.6 is 0 Å². The molecule has 0 spiro atoms. The Hall–Kier alpha value is -2.20. The van der Waals surface area contributed by atoms with Gasteiger partial charge in [0.05, 0.1) is 37.3 Å². The number of amides is 3. The van der Waals surface area contributed by atoms with E-state index < -0.39 is 0 Å². The van der Waals surface area contributed by atoms with Gasteiger partial charge in [0.25, 0.3) is 0 Å². The average Bonchev–Trinajstić information content (AvgIpc) is 3.26. The fourth-order valence-electron chi connectivity index (χ4n) is 4.63. The van der Waals surface area contributed by atoms with Crippen LogP contribution in [-0.4, -0.2) is 86.8 Å². The first-order chi connectivity index (χ1) is 15.9. The molecule has 1 aromatic rings. The fraction of sp³-hybridized carbons (Fsp3) is 0.826. The summed E-state index contributed by atoms with van der Waals surface area (Å²) >= 11 is 0. The lowest BCUT2D eigenvalue weighted by Gasteiger charge is -2.36. The maximum atomic E-state index is 12.9. The van der Waals surface area contributed by atoms with E-state index in [0.717, 1.165) is 31.4 Å². The van der Waals surface area contributed by atoms with Gasteiger partial charge in [0, 0.05) is 45.1 Å². The zero-order valence-electron chi connectivity index (χ0n) is 20.3. The second kappa shape index (κ2) is 12.3. The minimum Gasteiger partial charge on any atom is -0.394 e. The number of aliphatic hydroxyl groups is 1. The van der Waals surface area contributed by atoms with Gasteiger partial charge in [0.2, 0.25) is 5.91 Å². The molecule has 186 valence electrons. The number of hydrogen-bond donors (Lipinski definition) is 2. The summed E-state index contributed by atoms with van der Waals surface area (Å²) in [6.07, 6.45) is 8.04. The predicted molar refractivity (Wildman–Crippen MR) is 123 cm³/mol. The Morgan fingerprint density at radius 2 is 2.09 bits per heavy atom. The number of aromatic nitrogens is 3. The summed E-state index contributed by atoms with van der Waals surface area (Å²) in [5.74, 6) is -0.0376. The summed E-state index contributed by atoms with van der Waals surface area (Å²) in [4.78, 5) is 29.2. The number of aliphatic hydroxyl groups excluding tert-OH is 1. The van der Waals surface area contributed by atoms with Crippen molar-refractivity contribution in [3.05, 3.63) is 11.9 Å². The number of urea groups is 1. The van der Waals surface area contributed by atoms with E-state index in [1.807, 2.05) is 13.8 Å². The third-order valence-corrected chi connectivity index (χ3v) is 6.87. The van der Waals surface area contributed by atoms with Gasteiger partial charge in [-0.1, -0.05) is 31.4 Å². The maximum absolute atomic E-state index is 12.9. The van der Waals surface area contributed by atoms with Crippen LogP contribution in [0.2, 0.25) is 0 Å². The molecule has 2 aliphatic rings. The first-order valence-electron chi connectivity index (χ1n) is 12.3. The zero-order valence-corrected chi connectivity index (χ0v) is 20.3. The molecule has 3 atom stereocenters. The molecule has 33 heavy (non-hydrogen) atoms. The number of rotatable bonds is 5. The molecule has 2 N–H and O–H groups in total. The summed E-state index contributed by atoms with van der Waals surface area (Å²) in [5.41, 5.74) is 0.857. The van der Waals surface area contributed by atoms with Crippen molar-refractivity contribution in [3.63, 3.8) is 0 Å². The highest BCUT2D eigenvalue weighted by Crippen LogP contribution is 2.20. The van der Waals surface area contributed by atoms with Crippen molar-refractivity contribution in [2.45, 2.75) is 90.1 Å². The van der Waals surface area contributed by atoms with Crippen LogP contribution in [0.25, 0.3) is 0 Å². The van der Waals surface area contributed by atoms with E-state index in [1.165, 1.54) is 6.42 Å². The van der Waals surface area contributed by atoms with Crippen LogP contribution in [-0.2, 0) is 22.7 Å². The van der Waals surface area contributed by atoms with E-state index in [9.17, 15) is 14.7 Å². The number of carbonyl (C=O) groups excluding carboxylic acids is 2. The van der Waals surface area contributed by atoms with Crippen molar-refractivity contribution in [3.8, 4) is 0 Å². The Kier molecular flexibility index (Phi) is 9.49. The molecular weight excluding hydrogens is 424 g/mol. The van der Waals surface area contributed by atoms with Crippen LogP contribution in [0.4, 0.5) is 4.79 Å². The van der Waals surface area contributed by atoms with Crippen LogP contribution in [0.3, 0.4) is 0 Å².